The molecular weight excluding hydrogens is 254 g/mol. The van der Waals surface area contributed by atoms with Crippen molar-refractivity contribution in [3.05, 3.63) is 29.3 Å². The number of nitrogens with zero attached hydrogens (tertiary/aromatic N) is 1. The van der Waals surface area contributed by atoms with Crippen LogP contribution in [0, 0.1) is 6.92 Å². The first-order valence-corrected chi connectivity index (χ1v) is 7.41. The Morgan fingerprint density at radius 1 is 1.53 bits per heavy atom. The van der Waals surface area contributed by atoms with Crippen molar-refractivity contribution in [1.29, 1.82) is 0 Å². The van der Waals surface area contributed by atoms with Crippen molar-refractivity contribution in [2.75, 3.05) is 25.0 Å². The highest BCUT2D eigenvalue weighted by Gasteiger charge is 2.20. The molecule has 1 aromatic rings. The average molecular weight is 277 g/mol. The number of thiocarbonyl (C=S) groups is 1. The zero-order chi connectivity index (χ0) is 13.8. The molecule has 1 fully saturated rings. The molecule has 0 aromatic heterocycles. The summed E-state index contributed by atoms with van der Waals surface area (Å²) < 4.78 is 0. The van der Waals surface area contributed by atoms with Crippen molar-refractivity contribution in [2.45, 2.75) is 32.7 Å². The molecule has 1 unspecified atom stereocenters. The zero-order valence-corrected chi connectivity index (χ0v) is 12.6. The van der Waals surface area contributed by atoms with Crippen LogP contribution < -0.4 is 11.1 Å². The molecule has 1 aromatic carbocycles. The van der Waals surface area contributed by atoms with E-state index in [0.717, 1.165) is 24.3 Å². The van der Waals surface area contributed by atoms with Gasteiger partial charge in [-0.2, -0.15) is 0 Å². The molecule has 3 nitrogen and oxygen atoms in total. The summed E-state index contributed by atoms with van der Waals surface area (Å²) in [5.41, 5.74) is 9.10. The number of nitrogens with one attached hydrogen (secondary N) is 1. The van der Waals surface area contributed by atoms with Crippen molar-refractivity contribution in [3.63, 3.8) is 0 Å². The van der Waals surface area contributed by atoms with Gasteiger partial charge in [-0.3, -0.25) is 0 Å². The minimum Gasteiger partial charge on any atom is -0.389 e. The van der Waals surface area contributed by atoms with Crippen LogP contribution >= 0.6 is 12.2 Å². The van der Waals surface area contributed by atoms with Crippen molar-refractivity contribution in [3.8, 4) is 0 Å². The number of anilines is 1. The van der Waals surface area contributed by atoms with Gasteiger partial charge in [0.15, 0.2) is 0 Å². The summed E-state index contributed by atoms with van der Waals surface area (Å²) in [6, 6.07) is 6.60. The lowest BCUT2D eigenvalue weighted by Gasteiger charge is -2.33. The van der Waals surface area contributed by atoms with Crippen LogP contribution in [-0.2, 0) is 0 Å². The van der Waals surface area contributed by atoms with Crippen molar-refractivity contribution < 1.29 is 0 Å². The summed E-state index contributed by atoms with van der Waals surface area (Å²) in [6.07, 6.45) is 2.46. The molecule has 1 aliphatic heterocycles. The Bertz CT molecular complexity index is 459. The maximum atomic E-state index is 5.82. The lowest BCUT2D eigenvalue weighted by Crippen LogP contribution is -2.42. The van der Waals surface area contributed by atoms with Crippen LogP contribution in [0.3, 0.4) is 0 Å². The van der Waals surface area contributed by atoms with E-state index in [-0.39, 0.29) is 0 Å². The fraction of sp³-hybridized carbons (Fsp3) is 0.533. The second-order valence-electron chi connectivity index (χ2n) is 5.24. The van der Waals surface area contributed by atoms with Gasteiger partial charge in [-0.05, 0) is 44.5 Å². The topological polar surface area (TPSA) is 41.3 Å². The number of rotatable bonds is 4. The van der Waals surface area contributed by atoms with Crippen LogP contribution in [0.25, 0.3) is 0 Å². The molecule has 1 atom stereocenters. The van der Waals surface area contributed by atoms with E-state index in [2.05, 4.69) is 30.1 Å². The van der Waals surface area contributed by atoms with Crippen molar-refractivity contribution in [2.24, 2.45) is 5.73 Å². The second-order valence-corrected chi connectivity index (χ2v) is 5.68. The number of hydrogen-bond donors (Lipinski definition) is 2. The van der Waals surface area contributed by atoms with Crippen LogP contribution in [0.4, 0.5) is 5.69 Å². The summed E-state index contributed by atoms with van der Waals surface area (Å²) >= 11 is 5.15. The Kier molecular flexibility index (Phi) is 4.77. The van der Waals surface area contributed by atoms with Gasteiger partial charge >= 0.3 is 0 Å². The van der Waals surface area contributed by atoms with E-state index in [4.69, 9.17) is 18.0 Å². The van der Waals surface area contributed by atoms with Gasteiger partial charge in [0.25, 0.3) is 0 Å². The lowest BCUT2D eigenvalue weighted by atomic mass is 10.0. The minimum atomic E-state index is 0.467. The summed E-state index contributed by atoms with van der Waals surface area (Å²) in [7, 11) is 0. The largest absolute Gasteiger partial charge is 0.389 e. The van der Waals surface area contributed by atoms with Crippen LogP contribution in [-0.4, -0.2) is 35.6 Å². The Labute approximate surface area is 121 Å². The maximum Gasteiger partial charge on any atom is 0.106 e. The van der Waals surface area contributed by atoms with Crippen LogP contribution in [0.5, 0.6) is 0 Å². The van der Waals surface area contributed by atoms with Crippen LogP contribution in [0.15, 0.2) is 18.2 Å². The first kappa shape index (κ1) is 14.3. The molecule has 0 aliphatic carbocycles. The molecule has 2 rings (SSSR count). The summed E-state index contributed by atoms with van der Waals surface area (Å²) in [5, 5.41) is 3.65. The molecule has 1 saturated heterocycles. The molecule has 1 aliphatic rings. The predicted molar refractivity (Wildman–Crippen MR) is 85.8 cm³/mol. The van der Waals surface area contributed by atoms with Crippen molar-refractivity contribution >= 4 is 22.9 Å². The fourth-order valence-electron chi connectivity index (χ4n) is 2.73. The molecule has 1 heterocycles. The highest BCUT2D eigenvalue weighted by molar-refractivity contribution is 7.80. The number of piperidine rings is 1. The Morgan fingerprint density at radius 2 is 2.32 bits per heavy atom. The lowest BCUT2D eigenvalue weighted by molar-refractivity contribution is 0.227. The van der Waals surface area contributed by atoms with Gasteiger partial charge in [-0.15, -0.1) is 0 Å². The van der Waals surface area contributed by atoms with Gasteiger partial charge in [-0.25, -0.2) is 0 Å². The third-order valence-corrected chi connectivity index (χ3v) is 4.06. The van der Waals surface area contributed by atoms with Gasteiger partial charge in [-0.1, -0.05) is 31.3 Å². The van der Waals surface area contributed by atoms with Crippen LogP contribution in [0.1, 0.15) is 30.9 Å². The van der Waals surface area contributed by atoms with E-state index in [0.29, 0.717) is 11.0 Å². The number of para-hydroxylation sites is 1. The molecule has 0 saturated carbocycles. The normalized spacial score (nSPS) is 20.2. The molecule has 0 radical (unpaired) electrons. The van der Waals surface area contributed by atoms with E-state index in [1.807, 2.05) is 12.1 Å². The predicted octanol–water partition coefficient (Wildman–Crippen LogP) is 2.53. The Morgan fingerprint density at radius 3 is 3.00 bits per heavy atom. The number of benzene rings is 1. The minimum absolute atomic E-state index is 0.467. The zero-order valence-electron chi connectivity index (χ0n) is 11.8. The molecule has 19 heavy (non-hydrogen) atoms. The molecule has 104 valence electrons. The third-order valence-electron chi connectivity index (χ3n) is 3.84. The number of aryl methyl sites for hydroxylation is 1. The second kappa shape index (κ2) is 6.35. The van der Waals surface area contributed by atoms with Gasteiger partial charge in [0.05, 0.1) is 0 Å². The summed E-state index contributed by atoms with van der Waals surface area (Å²) in [5.74, 6) is 0. The number of hydrogen-bond acceptors (Lipinski definition) is 3. The van der Waals surface area contributed by atoms with Gasteiger partial charge in [0, 0.05) is 23.8 Å². The van der Waals surface area contributed by atoms with E-state index in [9.17, 15) is 0 Å². The third kappa shape index (κ3) is 3.45. The summed E-state index contributed by atoms with van der Waals surface area (Å²) in [6.45, 7) is 7.75. The molecular formula is C15H23N3S. The fourth-order valence-corrected chi connectivity index (χ4v) is 2.90. The molecule has 3 N–H and O–H groups in total. The SMILES string of the molecule is CCN1CCCC(Nc2c(C)cccc2C(N)=S)C1. The van der Waals surface area contributed by atoms with E-state index in [1.54, 1.807) is 0 Å². The van der Waals surface area contributed by atoms with E-state index in [1.165, 1.54) is 24.9 Å². The number of nitrogens with two attached hydrogens (primary N) is 1. The van der Waals surface area contributed by atoms with Crippen molar-refractivity contribution in [1.82, 2.24) is 4.90 Å². The number of likely N-dealkylation sites (tertiary alicyclic amines) is 1. The first-order valence-electron chi connectivity index (χ1n) is 7.00. The van der Waals surface area contributed by atoms with Gasteiger partial charge in [0.1, 0.15) is 4.99 Å². The van der Waals surface area contributed by atoms with E-state index >= 15 is 0 Å². The van der Waals surface area contributed by atoms with Crippen LogP contribution in [0.2, 0.25) is 0 Å². The van der Waals surface area contributed by atoms with Gasteiger partial charge < -0.3 is 16.0 Å². The Hall–Kier alpha value is -1.13. The smallest absolute Gasteiger partial charge is 0.106 e. The van der Waals surface area contributed by atoms with E-state index < -0.39 is 0 Å². The standard InChI is InChI=1S/C15H23N3S/c1-3-18-9-5-7-12(10-18)17-14-11(2)6-4-8-13(14)15(16)19/h4,6,8,12,17H,3,5,7,9-10H2,1-2H3,(H2,16,19). The monoisotopic (exact) mass is 277 g/mol. The number of likely N-dealkylation sites (N-methyl/N-ethyl adjacent to an activating group) is 1. The summed E-state index contributed by atoms with van der Waals surface area (Å²) in [4.78, 5) is 2.95. The first-order chi connectivity index (χ1) is 9.11. The highest BCUT2D eigenvalue weighted by Crippen LogP contribution is 2.23. The molecule has 0 bridgehead atoms. The highest BCUT2D eigenvalue weighted by atomic mass is 32.1. The molecule has 0 spiro atoms. The molecule has 4 heteroatoms. The average Bonchev–Trinajstić information content (AvgIpc) is 2.41. The molecule has 0 amide bonds. The quantitative estimate of drug-likeness (QED) is 0.830. The Balaban J connectivity index is 2.16. The maximum absolute atomic E-state index is 5.82. The van der Waals surface area contributed by atoms with Gasteiger partial charge in [0.2, 0.25) is 0 Å².